The fourth-order valence-electron chi connectivity index (χ4n) is 2.55. The normalized spacial score (nSPS) is 10.7. The lowest BCUT2D eigenvalue weighted by atomic mass is 10.1. The van der Waals surface area contributed by atoms with Gasteiger partial charge in [0.15, 0.2) is 0 Å². The zero-order chi connectivity index (χ0) is 20.2. The molecule has 2 rings (SSSR count). The molecule has 150 valence electrons. The number of aryl methyl sites for hydroxylation is 2. The third-order valence-corrected chi connectivity index (χ3v) is 4.20. The SMILES string of the molecule is CCc1cc(OCC=C(Cl)Cl)cc(C)c1OCCCO/N=C/c1ccccc1. The summed E-state index contributed by atoms with van der Waals surface area (Å²) < 4.78 is 11.8. The Morgan fingerprint density at radius 1 is 1.07 bits per heavy atom. The number of benzene rings is 2. The van der Waals surface area contributed by atoms with E-state index < -0.39 is 0 Å². The zero-order valence-electron chi connectivity index (χ0n) is 16.2. The lowest BCUT2D eigenvalue weighted by Crippen LogP contribution is -2.05. The second-order valence-electron chi connectivity index (χ2n) is 6.07. The Labute approximate surface area is 176 Å². The van der Waals surface area contributed by atoms with Crippen LogP contribution in [0.2, 0.25) is 0 Å². The van der Waals surface area contributed by atoms with Gasteiger partial charge >= 0.3 is 0 Å². The Morgan fingerprint density at radius 2 is 1.86 bits per heavy atom. The monoisotopic (exact) mass is 421 g/mol. The largest absolute Gasteiger partial charge is 0.493 e. The summed E-state index contributed by atoms with van der Waals surface area (Å²) in [6, 6.07) is 13.8. The van der Waals surface area contributed by atoms with Crippen molar-refractivity contribution in [3.8, 4) is 11.5 Å². The lowest BCUT2D eigenvalue weighted by Gasteiger charge is -2.15. The highest BCUT2D eigenvalue weighted by Crippen LogP contribution is 2.30. The quantitative estimate of drug-likeness (QED) is 0.251. The Hall–Kier alpha value is -2.17. The second-order valence-corrected chi connectivity index (χ2v) is 7.08. The minimum absolute atomic E-state index is 0.197. The van der Waals surface area contributed by atoms with Gasteiger partial charge in [-0.05, 0) is 48.2 Å². The van der Waals surface area contributed by atoms with Crippen molar-refractivity contribution in [2.45, 2.75) is 26.7 Å². The van der Waals surface area contributed by atoms with Gasteiger partial charge in [0.25, 0.3) is 0 Å². The summed E-state index contributed by atoms with van der Waals surface area (Å²) in [7, 11) is 0. The van der Waals surface area contributed by atoms with Gasteiger partial charge in [-0.3, -0.25) is 0 Å². The molecular formula is C22H25Cl2NO3. The topological polar surface area (TPSA) is 40.0 Å². The highest BCUT2D eigenvalue weighted by atomic mass is 35.5. The van der Waals surface area contributed by atoms with Gasteiger partial charge in [-0.15, -0.1) is 0 Å². The highest BCUT2D eigenvalue weighted by Gasteiger charge is 2.09. The summed E-state index contributed by atoms with van der Waals surface area (Å²) in [5.74, 6) is 1.67. The van der Waals surface area contributed by atoms with E-state index in [1.54, 1.807) is 12.3 Å². The Kier molecular flexibility index (Phi) is 9.73. The third-order valence-electron chi connectivity index (χ3n) is 3.90. The summed E-state index contributed by atoms with van der Waals surface area (Å²) in [5.41, 5.74) is 3.13. The van der Waals surface area contributed by atoms with E-state index in [9.17, 15) is 0 Å². The number of halogens is 2. The van der Waals surface area contributed by atoms with Crippen molar-refractivity contribution in [2.75, 3.05) is 19.8 Å². The maximum atomic E-state index is 5.98. The molecule has 6 heteroatoms. The molecule has 0 saturated carbocycles. The van der Waals surface area contributed by atoms with E-state index in [1.165, 1.54) is 0 Å². The van der Waals surface area contributed by atoms with Crippen LogP contribution in [-0.4, -0.2) is 26.0 Å². The van der Waals surface area contributed by atoms with Crippen LogP contribution in [0.5, 0.6) is 11.5 Å². The molecule has 2 aromatic rings. The first kappa shape index (κ1) is 22.1. The van der Waals surface area contributed by atoms with Gasteiger partial charge in [-0.1, -0.05) is 65.6 Å². The van der Waals surface area contributed by atoms with Crippen molar-refractivity contribution >= 4 is 29.4 Å². The number of oxime groups is 1. The minimum Gasteiger partial charge on any atom is -0.493 e. The fraction of sp³-hybridized carbons (Fsp3) is 0.318. The van der Waals surface area contributed by atoms with Gasteiger partial charge in [-0.25, -0.2) is 0 Å². The molecule has 0 aliphatic heterocycles. The van der Waals surface area contributed by atoms with Crippen molar-refractivity contribution in [3.63, 3.8) is 0 Å². The minimum atomic E-state index is 0.197. The molecule has 0 heterocycles. The molecule has 0 radical (unpaired) electrons. The van der Waals surface area contributed by atoms with Crippen molar-refractivity contribution in [1.29, 1.82) is 0 Å². The summed E-state index contributed by atoms with van der Waals surface area (Å²) in [6.45, 7) is 5.47. The van der Waals surface area contributed by atoms with Gasteiger partial charge in [0.1, 0.15) is 29.2 Å². The molecule has 0 N–H and O–H groups in total. The number of hydrogen-bond acceptors (Lipinski definition) is 4. The van der Waals surface area contributed by atoms with Crippen LogP contribution in [0.25, 0.3) is 0 Å². The molecule has 0 aliphatic rings. The van der Waals surface area contributed by atoms with Crippen molar-refractivity contribution < 1.29 is 14.3 Å². The first-order valence-corrected chi connectivity index (χ1v) is 9.96. The Bertz CT molecular complexity index is 788. The molecule has 0 aromatic heterocycles. The molecule has 28 heavy (non-hydrogen) atoms. The standard InChI is InChI=1S/C22H25Cl2NO3/c1-3-19-15-20(26-13-10-21(23)24)14-17(2)22(19)27-11-7-12-28-25-16-18-8-5-4-6-9-18/h4-6,8-10,14-16H,3,7,11-13H2,1-2H3/b25-16+. The average Bonchev–Trinajstić information content (AvgIpc) is 2.68. The molecular weight excluding hydrogens is 397 g/mol. The summed E-state index contributed by atoms with van der Waals surface area (Å²) >= 11 is 11.2. The van der Waals surface area contributed by atoms with Crippen LogP contribution in [0.15, 0.2) is 58.2 Å². The second kappa shape index (κ2) is 12.3. The first-order valence-electron chi connectivity index (χ1n) is 9.20. The highest BCUT2D eigenvalue weighted by molar-refractivity contribution is 6.55. The van der Waals surface area contributed by atoms with E-state index in [1.807, 2.05) is 49.4 Å². The van der Waals surface area contributed by atoms with E-state index >= 15 is 0 Å². The molecule has 0 saturated heterocycles. The van der Waals surface area contributed by atoms with Crippen molar-refractivity contribution in [3.05, 3.63) is 69.7 Å². The van der Waals surface area contributed by atoms with Gasteiger partial charge in [0.2, 0.25) is 0 Å². The van der Waals surface area contributed by atoms with Gasteiger partial charge < -0.3 is 14.3 Å². The maximum Gasteiger partial charge on any atom is 0.125 e. The summed E-state index contributed by atoms with van der Waals surface area (Å²) in [5, 5.41) is 3.97. The zero-order valence-corrected chi connectivity index (χ0v) is 17.7. The molecule has 4 nitrogen and oxygen atoms in total. The number of hydrogen-bond donors (Lipinski definition) is 0. The number of nitrogens with zero attached hydrogens (tertiary/aromatic N) is 1. The Morgan fingerprint density at radius 3 is 2.57 bits per heavy atom. The number of rotatable bonds is 11. The number of ether oxygens (including phenoxy) is 2. The van der Waals surface area contributed by atoms with Gasteiger partial charge in [0, 0.05) is 6.42 Å². The first-order chi connectivity index (χ1) is 13.6. The molecule has 2 aromatic carbocycles. The average molecular weight is 422 g/mol. The van der Waals surface area contributed by atoms with Gasteiger partial charge in [0.05, 0.1) is 12.8 Å². The van der Waals surface area contributed by atoms with Crippen LogP contribution in [-0.2, 0) is 11.3 Å². The molecule has 0 aliphatic carbocycles. The van der Waals surface area contributed by atoms with Crippen LogP contribution >= 0.6 is 23.2 Å². The van der Waals surface area contributed by atoms with E-state index in [0.717, 1.165) is 41.0 Å². The predicted molar refractivity (Wildman–Crippen MR) is 116 cm³/mol. The maximum absolute atomic E-state index is 5.98. The molecule has 0 bridgehead atoms. The van der Waals surface area contributed by atoms with Crippen LogP contribution in [0, 0.1) is 6.92 Å². The third kappa shape index (κ3) is 7.83. The van der Waals surface area contributed by atoms with Gasteiger partial charge in [-0.2, -0.15) is 0 Å². The molecule has 0 unspecified atom stereocenters. The van der Waals surface area contributed by atoms with E-state index in [4.69, 9.17) is 37.5 Å². The van der Waals surface area contributed by atoms with E-state index in [-0.39, 0.29) is 4.49 Å². The van der Waals surface area contributed by atoms with Crippen LogP contribution in [0.3, 0.4) is 0 Å². The van der Waals surface area contributed by atoms with Crippen LogP contribution in [0.4, 0.5) is 0 Å². The summed E-state index contributed by atoms with van der Waals surface area (Å²) in [6.07, 6.45) is 4.89. The van der Waals surface area contributed by atoms with Crippen LogP contribution in [0.1, 0.15) is 30.0 Å². The Balaban J connectivity index is 1.79. The predicted octanol–water partition coefficient (Wildman–Crippen LogP) is 6.07. The molecule has 0 amide bonds. The smallest absolute Gasteiger partial charge is 0.125 e. The molecule has 0 spiro atoms. The fourth-order valence-corrected chi connectivity index (χ4v) is 2.68. The van der Waals surface area contributed by atoms with Crippen LogP contribution < -0.4 is 9.47 Å². The summed E-state index contributed by atoms with van der Waals surface area (Å²) in [4.78, 5) is 5.29. The molecule has 0 atom stereocenters. The molecule has 0 fully saturated rings. The van der Waals surface area contributed by atoms with Crippen molar-refractivity contribution in [2.24, 2.45) is 5.16 Å². The van der Waals surface area contributed by atoms with E-state index in [2.05, 4.69) is 12.1 Å². The van der Waals surface area contributed by atoms with E-state index in [0.29, 0.717) is 19.8 Å². The lowest BCUT2D eigenvalue weighted by molar-refractivity contribution is 0.128. The van der Waals surface area contributed by atoms with Crippen molar-refractivity contribution in [1.82, 2.24) is 0 Å².